The van der Waals surface area contributed by atoms with Gasteiger partial charge in [-0.2, -0.15) is 13.2 Å². The molecule has 5 nitrogen and oxygen atoms in total. The van der Waals surface area contributed by atoms with Crippen LogP contribution in [0.15, 0.2) is 30.5 Å². The smallest absolute Gasteiger partial charge is 0.338 e. The fourth-order valence-electron chi connectivity index (χ4n) is 5.75. The van der Waals surface area contributed by atoms with Crippen molar-refractivity contribution in [2.75, 3.05) is 31.1 Å². The van der Waals surface area contributed by atoms with Crippen LogP contribution in [0, 0.1) is 5.92 Å². The molecule has 8 heteroatoms. The number of carbonyl (C=O) groups excluding carboxylic acids is 1. The molecule has 36 heavy (non-hydrogen) atoms. The van der Waals surface area contributed by atoms with Gasteiger partial charge in [-0.15, -0.1) is 0 Å². The lowest BCUT2D eigenvalue weighted by Crippen LogP contribution is -2.52. The molecular weight excluding hydrogens is 465 g/mol. The molecule has 194 valence electrons. The maximum atomic E-state index is 13.0. The molecule has 1 aromatic heterocycles. The molecule has 0 amide bonds. The summed E-state index contributed by atoms with van der Waals surface area (Å²) in [5, 5.41) is 0. The van der Waals surface area contributed by atoms with E-state index in [9.17, 15) is 18.0 Å². The monoisotopic (exact) mass is 500 g/mol. The summed E-state index contributed by atoms with van der Waals surface area (Å²) < 4.78 is 39.0. The topological polar surface area (TPSA) is 49.3 Å². The van der Waals surface area contributed by atoms with Crippen LogP contribution in [0.3, 0.4) is 0 Å². The number of nitrogens with zero attached hydrogens (tertiary/aromatic N) is 4. The zero-order valence-corrected chi connectivity index (χ0v) is 20.8. The number of benzene rings is 1. The van der Waals surface area contributed by atoms with Gasteiger partial charge in [0.1, 0.15) is 0 Å². The number of aryl methyl sites for hydroxylation is 2. The quantitative estimate of drug-likeness (QED) is 0.475. The molecule has 0 spiro atoms. The second kappa shape index (κ2) is 10.9. The zero-order valence-electron chi connectivity index (χ0n) is 20.8. The van der Waals surface area contributed by atoms with E-state index >= 15 is 0 Å². The molecule has 2 aliphatic carbocycles. The molecule has 1 aliphatic heterocycles. The number of hydrogen-bond acceptors (Lipinski definition) is 5. The Bertz CT molecular complexity index is 1060. The molecule has 2 fully saturated rings. The van der Waals surface area contributed by atoms with Crippen LogP contribution < -0.4 is 4.90 Å². The lowest BCUT2D eigenvalue weighted by molar-refractivity contribution is -0.137. The van der Waals surface area contributed by atoms with Crippen molar-refractivity contribution in [2.24, 2.45) is 5.92 Å². The van der Waals surface area contributed by atoms with E-state index in [2.05, 4.69) is 9.80 Å². The summed E-state index contributed by atoms with van der Waals surface area (Å²) in [4.78, 5) is 27.2. The van der Waals surface area contributed by atoms with Crippen LogP contribution in [0.5, 0.6) is 0 Å². The minimum atomic E-state index is -4.44. The van der Waals surface area contributed by atoms with Crippen LogP contribution in [0.4, 0.5) is 19.1 Å². The Labute approximate surface area is 211 Å². The summed E-state index contributed by atoms with van der Waals surface area (Å²) in [6, 6.07) is 5.56. The van der Waals surface area contributed by atoms with E-state index in [0.29, 0.717) is 12.3 Å². The molecular formula is C28H35F3N4O. The fourth-order valence-corrected chi connectivity index (χ4v) is 5.75. The molecule has 2 heterocycles. The highest BCUT2D eigenvalue weighted by Crippen LogP contribution is 2.31. The molecule has 1 saturated carbocycles. The molecule has 1 aromatic carbocycles. The van der Waals surface area contributed by atoms with E-state index in [1.165, 1.54) is 37.0 Å². The molecule has 1 atom stereocenters. The van der Waals surface area contributed by atoms with Crippen molar-refractivity contribution in [3.63, 3.8) is 0 Å². The van der Waals surface area contributed by atoms with Crippen molar-refractivity contribution in [3.05, 3.63) is 52.8 Å². The first-order valence-electron chi connectivity index (χ1n) is 13.4. The summed E-state index contributed by atoms with van der Waals surface area (Å²) in [6.07, 6.45) is 7.33. The summed E-state index contributed by atoms with van der Waals surface area (Å²) in [7, 11) is 0. The minimum absolute atomic E-state index is 0.149. The largest absolute Gasteiger partial charge is 0.416 e. The van der Waals surface area contributed by atoms with Crippen LogP contribution in [0.25, 0.3) is 0 Å². The second-order valence-electron chi connectivity index (χ2n) is 10.6. The third-order valence-electron chi connectivity index (χ3n) is 8.27. The van der Waals surface area contributed by atoms with E-state index < -0.39 is 11.7 Å². The van der Waals surface area contributed by atoms with Crippen LogP contribution in [-0.4, -0.2) is 52.9 Å². The molecule has 0 radical (unpaired) electrons. The lowest BCUT2D eigenvalue weighted by atomic mass is 9.86. The molecule has 1 unspecified atom stereocenters. The Balaban J connectivity index is 1.16. The van der Waals surface area contributed by atoms with E-state index in [4.69, 9.17) is 9.97 Å². The zero-order chi connectivity index (χ0) is 25.1. The first kappa shape index (κ1) is 25.2. The Morgan fingerprint density at radius 3 is 2.53 bits per heavy atom. The van der Waals surface area contributed by atoms with Crippen molar-refractivity contribution < 1.29 is 18.0 Å². The number of hydrogen-bond donors (Lipinski definition) is 0. The first-order chi connectivity index (χ1) is 17.4. The molecule has 0 N–H and O–H groups in total. The highest BCUT2D eigenvalue weighted by atomic mass is 19.4. The van der Waals surface area contributed by atoms with Crippen molar-refractivity contribution >= 4 is 11.7 Å². The van der Waals surface area contributed by atoms with Crippen LogP contribution in [-0.2, 0) is 19.0 Å². The third kappa shape index (κ3) is 5.90. The summed E-state index contributed by atoms with van der Waals surface area (Å²) >= 11 is 0. The van der Waals surface area contributed by atoms with E-state index in [-0.39, 0.29) is 17.8 Å². The van der Waals surface area contributed by atoms with Crippen molar-refractivity contribution in [1.29, 1.82) is 0 Å². The van der Waals surface area contributed by atoms with Gasteiger partial charge in [-0.3, -0.25) is 9.69 Å². The third-order valence-corrected chi connectivity index (χ3v) is 8.27. The molecule has 0 bridgehead atoms. The Kier molecular flexibility index (Phi) is 7.60. The number of rotatable bonds is 6. The Hall–Kier alpha value is -2.48. The van der Waals surface area contributed by atoms with Gasteiger partial charge in [0.2, 0.25) is 5.95 Å². The van der Waals surface area contributed by atoms with Gasteiger partial charge in [0, 0.05) is 56.1 Å². The maximum absolute atomic E-state index is 13.0. The minimum Gasteiger partial charge on any atom is -0.338 e. The number of anilines is 1. The normalized spacial score (nSPS) is 21.9. The maximum Gasteiger partial charge on any atom is 0.416 e. The predicted octanol–water partition coefficient (Wildman–Crippen LogP) is 5.72. The molecule has 1 saturated heterocycles. The molecule has 3 aliphatic rings. The van der Waals surface area contributed by atoms with Crippen molar-refractivity contribution in [1.82, 2.24) is 14.9 Å². The number of ketones is 1. The number of piperazine rings is 1. The van der Waals surface area contributed by atoms with E-state index in [0.717, 1.165) is 88.1 Å². The summed E-state index contributed by atoms with van der Waals surface area (Å²) in [6.45, 7) is 4.09. The number of Topliss-reactive ketones (excluding diaryl/α,β-unsaturated/α-hetero) is 1. The average Bonchev–Trinajstić information content (AvgIpc) is 2.83. The van der Waals surface area contributed by atoms with Gasteiger partial charge in [-0.1, -0.05) is 25.0 Å². The van der Waals surface area contributed by atoms with E-state index in [1.807, 2.05) is 6.20 Å². The lowest BCUT2D eigenvalue weighted by Gasteiger charge is -2.43. The van der Waals surface area contributed by atoms with E-state index in [1.54, 1.807) is 0 Å². The van der Waals surface area contributed by atoms with Crippen molar-refractivity contribution in [2.45, 2.75) is 76.4 Å². The Morgan fingerprint density at radius 2 is 1.81 bits per heavy atom. The van der Waals surface area contributed by atoms with Crippen LogP contribution in [0.1, 0.15) is 78.5 Å². The van der Waals surface area contributed by atoms with Crippen LogP contribution in [0.2, 0.25) is 0 Å². The summed E-state index contributed by atoms with van der Waals surface area (Å²) in [5.41, 5.74) is 1.73. The molecule has 2 aromatic rings. The highest BCUT2D eigenvalue weighted by Gasteiger charge is 2.31. The highest BCUT2D eigenvalue weighted by molar-refractivity contribution is 5.96. The van der Waals surface area contributed by atoms with Gasteiger partial charge >= 0.3 is 6.18 Å². The van der Waals surface area contributed by atoms with Gasteiger partial charge in [-0.05, 0) is 68.6 Å². The van der Waals surface area contributed by atoms with Crippen molar-refractivity contribution in [3.8, 4) is 0 Å². The standard InChI is InChI=1S/C28H35F3N4O/c29-28(30,31)23-7-2-5-21(18-23)26(36)13-11-20-4-1-6-22-19-32-27(33-25(22)12-10-20)35-16-14-34(15-17-35)24-8-3-9-24/h2,5,7,18-20,24H,1,3-4,6,8-17H2. The SMILES string of the molecule is O=C(CCC1CCCc2cnc(N3CCN(C4CCC4)CC3)nc2CC1)c1cccc(C(F)(F)F)c1. The molecule has 5 rings (SSSR count). The first-order valence-corrected chi connectivity index (χ1v) is 13.4. The van der Waals surface area contributed by atoms with Gasteiger partial charge in [0.25, 0.3) is 0 Å². The van der Waals surface area contributed by atoms with Gasteiger partial charge in [-0.25, -0.2) is 9.97 Å². The van der Waals surface area contributed by atoms with Gasteiger partial charge in [0.05, 0.1) is 5.56 Å². The van der Waals surface area contributed by atoms with Gasteiger partial charge in [0.15, 0.2) is 5.78 Å². The summed E-state index contributed by atoms with van der Waals surface area (Å²) in [5.74, 6) is 0.991. The number of carbonyl (C=O) groups is 1. The number of fused-ring (bicyclic) bond motifs is 1. The predicted molar refractivity (Wildman–Crippen MR) is 133 cm³/mol. The number of aromatic nitrogens is 2. The van der Waals surface area contributed by atoms with Gasteiger partial charge < -0.3 is 4.90 Å². The fraction of sp³-hybridized carbons (Fsp3) is 0.607. The second-order valence-corrected chi connectivity index (χ2v) is 10.6. The number of halogens is 3. The Morgan fingerprint density at radius 1 is 1.00 bits per heavy atom. The van der Waals surface area contributed by atoms with Crippen LogP contribution >= 0.6 is 0 Å². The average molecular weight is 501 g/mol. The number of alkyl halides is 3.